The van der Waals surface area contributed by atoms with E-state index in [1.54, 1.807) is 0 Å². The first-order chi connectivity index (χ1) is 8.75. The molecule has 0 aliphatic heterocycles. The Hall–Kier alpha value is -1.86. The molecule has 0 aliphatic rings. The highest BCUT2D eigenvalue weighted by atomic mass is 35.5. The molecule has 2 heteroatoms. The minimum atomic E-state index is 0.752. The van der Waals surface area contributed by atoms with Gasteiger partial charge in [0.05, 0.1) is 16.2 Å². The molecule has 0 spiro atoms. The predicted molar refractivity (Wildman–Crippen MR) is 76.9 cm³/mol. The number of para-hydroxylation sites is 1. The maximum atomic E-state index is 6.34. The van der Waals surface area contributed by atoms with Gasteiger partial charge in [-0.1, -0.05) is 60.1 Å². The highest BCUT2D eigenvalue weighted by Gasteiger charge is 2.07. The van der Waals surface area contributed by atoms with Crippen LogP contribution in [-0.2, 0) is 0 Å². The summed E-state index contributed by atoms with van der Waals surface area (Å²) in [6.45, 7) is 2.06. The van der Waals surface area contributed by atoms with E-state index in [0.29, 0.717) is 0 Å². The summed E-state index contributed by atoms with van der Waals surface area (Å²) in [6.07, 6.45) is 0. The molecule has 3 rings (SSSR count). The number of rotatable bonds is 1. The average Bonchev–Trinajstić information content (AvgIpc) is 2.41. The van der Waals surface area contributed by atoms with E-state index in [0.717, 1.165) is 32.7 Å². The third kappa shape index (κ3) is 1.87. The first-order valence-electron chi connectivity index (χ1n) is 5.87. The van der Waals surface area contributed by atoms with Gasteiger partial charge in [-0.25, -0.2) is 4.98 Å². The van der Waals surface area contributed by atoms with Gasteiger partial charge in [0.25, 0.3) is 0 Å². The van der Waals surface area contributed by atoms with Crippen molar-refractivity contribution in [2.24, 2.45) is 0 Å². The van der Waals surface area contributed by atoms with Gasteiger partial charge in [0, 0.05) is 10.9 Å². The molecule has 1 nitrogen and oxygen atoms in total. The third-order valence-corrected chi connectivity index (χ3v) is 3.37. The van der Waals surface area contributed by atoms with Gasteiger partial charge < -0.3 is 0 Å². The molecule has 0 amide bonds. The zero-order valence-corrected chi connectivity index (χ0v) is 10.8. The van der Waals surface area contributed by atoms with Gasteiger partial charge in [-0.05, 0) is 18.6 Å². The van der Waals surface area contributed by atoms with E-state index in [2.05, 4.69) is 13.0 Å². The van der Waals surface area contributed by atoms with Gasteiger partial charge >= 0.3 is 0 Å². The molecule has 3 aromatic rings. The summed E-state index contributed by atoms with van der Waals surface area (Å²) in [6, 6.07) is 18.1. The van der Waals surface area contributed by atoms with E-state index < -0.39 is 0 Å². The Kier molecular flexibility index (Phi) is 2.77. The summed E-state index contributed by atoms with van der Waals surface area (Å²) < 4.78 is 0. The number of nitrogens with zero attached hydrogens (tertiary/aromatic N) is 1. The van der Waals surface area contributed by atoms with Crippen LogP contribution in [0.25, 0.3) is 22.2 Å². The summed E-state index contributed by atoms with van der Waals surface area (Å²) in [7, 11) is 0. The van der Waals surface area contributed by atoms with Gasteiger partial charge in [-0.3, -0.25) is 0 Å². The lowest BCUT2D eigenvalue weighted by Gasteiger charge is -2.07. The summed E-state index contributed by atoms with van der Waals surface area (Å²) in [5.41, 5.74) is 4.13. The van der Waals surface area contributed by atoms with Crippen molar-refractivity contribution in [3.8, 4) is 11.3 Å². The normalized spacial score (nSPS) is 10.8. The molecular weight excluding hydrogens is 242 g/mol. The lowest BCUT2D eigenvalue weighted by atomic mass is 10.1. The van der Waals surface area contributed by atoms with Crippen LogP contribution in [0.5, 0.6) is 0 Å². The van der Waals surface area contributed by atoms with E-state index in [-0.39, 0.29) is 0 Å². The number of hydrogen-bond donors (Lipinski definition) is 0. The Morgan fingerprint density at radius 2 is 1.72 bits per heavy atom. The van der Waals surface area contributed by atoms with E-state index in [1.165, 1.54) is 0 Å². The fourth-order valence-corrected chi connectivity index (χ4v) is 2.36. The Morgan fingerprint density at radius 3 is 2.50 bits per heavy atom. The zero-order chi connectivity index (χ0) is 12.5. The molecule has 0 unspecified atom stereocenters. The molecule has 0 fully saturated rings. The Bertz CT molecular complexity index is 705. The number of fused-ring (bicyclic) bond motifs is 1. The van der Waals surface area contributed by atoms with Crippen LogP contribution in [0.1, 0.15) is 5.56 Å². The minimum Gasteiger partial charge on any atom is -0.247 e. The van der Waals surface area contributed by atoms with Crippen molar-refractivity contribution in [1.29, 1.82) is 0 Å². The Morgan fingerprint density at radius 1 is 0.944 bits per heavy atom. The fraction of sp³-hybridized carbons (Fsp3) is 0.0625. The second kappa shape index (κ2) is 4.43. The summed E-state index contributed by atoms with van der Waals surface area (Å²) in [4.78, 5) is 4.72. The molecule has 0 saturated heterocycles. The highest BCUT2D eigenvalue weighted by Crippen LogP contribution is 2.29. The largest absolute Gasteiger partial charge is 0.247 e. The van der Waals surface area contributed by atoms with E-state index in [4.69, 9.17) is 16.6 Å². The first-order valence-corrected chi connectivity index (χ1v) is 6.25. The van der Waals surface area contributed by atoms with Crippen molar-refractivity contribution in [1.82, 2.24) is 4.98 Å². The number of benzene rings is 2. The molecule has 0 aliphatic carbocycles. The van der Waals surface area contributed by atoms with Crippen LogP contribution >= 0.6 is 11.6 Å². The molecule has 1 heterocycles. The van der Waals surface area contributed by atoms with Crippen molar-refractivity contribution < 1.29 is 0 Å². The van der Waals surface area contributed by atoms with Crippen molar-refractivity contribution in [3.05, 3.63) is 65.2 Å². The van der Waals surface area contributed by atoms with Crippen molar-refractivity contribution in [3.63, 3.8) is 0 Å². The van der Waals surface area contributed by atoms with Crippen LogP contribution in [0.3, 0.4) is 0 Å². The monoisotopic (exact) mass is 253 g/mol. The van der Waals surface area contributed by atoms with Crippen LogP contribution < -0.4 is 0 Å². The number of halogens is 1. The maximum Gasteiger partial charge on any atom is 0.0753 e. The minimum absolute atomic E-state index is 0.752. The van der Waals surface area contributed by atoms with Crippen molar-refractivity contribution >= 4 is 22.5 Å². The lowest BCUT2D eigenvalue weighted by Crippen LogP contribution is -1.88. The number of aromatic nitrogens is 1. The Balaban J connectivity index is 2.31. The summed E-state index contributed by atoms with van der Waals surface area (Å²) >= 11 is 6.34. The van der Waals surface area contributed by atoms with Crippen molar-refractivity contribution in [2.45, 2.75) is 6.92 Å². The molecule has 0 radical (unpaired) electrons. The molecule has 88 valence electrons. The molecule has 0 bridgehead atoms. The number of aryl methyl sites for hydroxylation is 1. The van der Waals surface area contributed by atoms with Crippen LogP contribution in [0.4, 0.5) is 0 Å². The molecule has 18 heavy (non-hydrogen) atoms. The predicted octanol–water partition coefficient (Wildman–Crippen LogP) is 4.86. The number of pyridine rings is 1. The highest BCUT2D eigenvalue weighted by molar-refractivity contribution is 6.35. The van der Waals surface area contributed by atoms with E-state index in [1.807, 2.05) is 48.5 Å². The van der Waals surface area contributed by atoms with Gasteiger partial charge in [0.2, 0.25) is 0 Å². The molecule has 0 atom stereocenters. The van der Waals surface area contributed by atoms with Gasteiger partial charge in [0.1, 0.15) is 0 Å². The van der Waals surface area contributed by atoms with Crippen LogP contribution in [-0.4, -0.2) is 4.98 Å². The molecule has 0 N–H and O–H groups in total. The van der Waals surface area contributed by atoms with Crippen LogP contribution in [0.2, 0.25) is 5.02 Å². The van der Waals surface area contributed by atoms with Gasteiger partial charge in [0.15, 0.2) is 0 Å². The molecule has 0 saturated carbocycles. The standard InChI is InChI=1S/C16H12ClN/c1-11-6-5-9-13-14(17)10-15(18-16(11)13)12-7-3-2-4-8-12/h2-10H,1H3. The maximum absolute atomic E-state index is 6.34. The topological polar surface area (TPSA) is 12.9 Å². The zero-order valence-electron chi connectivity index (χ0n) is 10.0. The first kappa shape index (κ1) is 11.2. The molecular formula is C16H12ClN. The summed E-state index contributed by atoms with van der Waals surface area (Å²) in [5, 5.41) is 1.76. The number of hydrogen-bond acceptors (Lipinski definition) is 1. The smallest absolute Gasteiger partial charge is 0.0753 e. The molecule has 1 aromatic heterocycles. The fourth-order valence-electron chi connectivity index (χ4n) is 2.11. The second-order valence-corrected chi connectivity index (χ2v) is 4.73. The van der Waals surface area contributed by atoms with Crippen LogP contribution in [0.15, 0.2) is 54.6 Å². The lowest BCUT2D eigenvalue weighted by molar-refractivity contribution is 1.36. The average molecular weight is 254 g/mol. The Labute approximate surface area is 111 Å². The van der Waals surface area contributed by atoms with E-state index >= 15 is 0 Å². The van der Waals surface area contributed by atoms with Crippen LogP contribution in [0, 0.1) is 6.92 Å². The van der Waals surface area contributed by atoms with E-state index in [9.17, 15) is 0 Å². The second-order valence-electron chi connectivity index (χ2n) is 4.33. The van der Waals surface area contributed by atoms with Crippen molar-refractivity contribution in [2.75, 3.05) is 0 Å². The van der Waals surface area contributed by atoms with Gasteiger partial charge in [-0.15, -0.1) is 0 Å². The third-order valence-electron chi connectivity index (χ3n) is 3.06. The van der Waals surface area contributed by atoms with Gasteiger partial charge in [-0.2, -0.15) is 0 Å². The SMILES string of the molecule is Cc1cccc2c(Cl)cc(-c3ccccc3)nc12. The molecule has 2 aromatic carbocycles. The quantitative estimate of drug-likeness (QED) is 0.603. The summed E-state index contributed by atoms with van der Waals surface area (Å²) in [5.74, 6) is 0.